The van der Waals surface area contributed by atoms with Crippen molar-refractivity contribution in [2.75, 3.05) is 13.2 Å². The molecule has 1 fully saturated rings. The van der Waals surface area contributed by atoms with Crippen molar-refractivity contribution in [3.63, 3.8) is 0 Å². The van der Waals surface area contributed by atoms with E-state index in [9.17, 15) is 18.0 Å². The highest BCUT2D eigenvalue weighted by Crippen LogP contribution is 2.20. The molecule has 1 aromatic heterocycles. The standard InChI is InChI=1S/C14H18F3N3O2/c15-14(16,17)9-22-13-10(4-3-7-19-13)8-20-12(21)11-5-1-2-6-18-11/h3-4,7,11,18H,1-2,5-6,8-9H2,(H,20,21). The van der Waals surface area contributed by atoms with Crippen molar-refractivity contribution in [2.45, 2.75) is 38.0 Å². The predicted octanol–water partition coefficient (Wildman–Crippen LogP) is 1.78. The summed E-state index contributed by atoms with van der Waals surface area (Å²) >= 11 is 0. The lowest BCUT2D eigenvalue weighted by Gasteiger charge is -2.22. The van der Waals surface area contributed by atoms with Gasteiger partial charge in [-0.25, -0.2) is 4.98 Å². The van der Waals surface area contributed by atoms with Crippen molar-refractivity contribution in [1.82, 2.24) is 15.6 Å². The second kappa shape index (κ2) is 7.44. The third-order valence-corrected chi connectivity index (χ3v) is 3.30. The number of hydrogen-bond acceptors (Lipinski definition) is 4. The number of piperidine rings is 1. The number of amides is 1. The van der Waals surface area contributed by atoms with E-state index in [-0.39, 0.29) is 24.4 Å². The Morgan fingerprint density at radius 1 is 1.45 bits per heavy atom. The topological polar surface area (TPSA) is 63.2 Å². The number of nitrogens with one attached hydrogen (secondary N) is 2. The largest absolute Gasteiger partial charge is 0.468 e. The summed E-state index contributed by atoms with van der Waals surface area (Å²) in [7, 11) is 0. The predicted molar refractivity (Wildman–Crippen MR) is 73.3 cm³/mol. The van der Waals surface area contributed by atoms with Crippen molar-refractivity contribution >= 4 is 5.91 Å². The van der Waals surface area contributed by atoms with Crippen LogP contribution < -0.4 is 15.4 Å². The molecule has 5 nitrogen and oxygen atoms in total. The van der Waals surface area contributed by atoms with Gasteiger partial charge in [-0.05, 0) is 25.5 Å². The zero-order valence-electron chi connectivity index (χ0n) is 11.9. The Hall–Kier alpha value is -1.83. The first-order valence-corrected chi connectivity index (χ1v) is 7.10. The van der Waals surface area contributed by atoms with Gasteiger partial charge >= 0.3 is 6.18 Å². The van der Waals surface area contributed by atoms with Crippen LogP contribution in [0.4, 0.5) is 13.2 Å². The number of alkyl halides is 3. The van der Waals surface area contributed by atoms with E-state index in [1.54, 1.807) is 12.1 Å². The molecule has 8 heteroatoms. The van der Waals surface area contributed by atoms with Crippen molar-refractivity contribution in [3.05, 3.63) is 23.9 Å². The maximum Gasteiger partial charge on any atom is 0.422 e. The molecular weight excluding hydrogens is 299 g/mol. The number of rotatable bonds is 5. The lowest BCUT2D eigenvalue weighted by molar-refractivity contribution is -0.154. The van der Waals surface area contributed by atoms with Gasteiger partial charge in [0.05, 0.1) is 6.04 Å². The summed E-state index contributed by atoms with van der Waals surface area (Å²) in [5.41, 5.74) is 0.413. The molecule has 0 spiro atoms. The highest BCUT2D eigenvalue weighted by molar-refractivity contribution is 5.81. The van der Waals surface area contributed by atoms with Gasteiger partial charge in [0.1, 0.15) is 0 Å². The van der Waals surface area contributed by atoms with Crippen molar-refractivity contribution in [2.24, 2.45) is 0 Å². The summed E-state index contributed by atoms with van der Waals surface area (Å²) in [4.78, 5) is 15.8. The van der Waals surface area contributed by atoms with Gasteiger partial charge in [0.2, 0.25) is 11.8 Å². The number of ether oxygens (including phenoxy) is 1. The first-order chi connectivity index (χ1) is 10.5. The average molecular weight is 317 g/mol. The van der Waals surface area contributed by atoms with Crippen LogP contribution in [0.15, 0.2) is 18.3 Å². The molecule has 22 heavy (non-hydrogen) atoms. The third kappa shape index (κ3) is 5.18. The fourth-order valence-corrected chi connectivity index (χ4v) is 2.22. The minimum Gasteiger partial charge on any atom is -0.468 e. The lowest BCUT2D eigenvalue weighted by atomic mass is 10.0. The summed E-state index contributed by atoms with van der Waals surface area (Å²) in [5, 5.41) is 5.81. The van der Waals surface area contributed by atoms with E-state index in [4.69, 9.17) is 0 Å². The van der Waals surface area contributed by atoms with Gasteiger partial charge in [-0.2, -0.15) is 13.2 Å². The number of nitrogens with zero attached hydrogens (tertiary/aromatic N) is 1. The van der Waals surface area contributed by atoms with Gasteiger partial charge in [-0.3, -0.25) is 4.79 Å². The van der Waals surface area contributed by atoms with E-state index in [0.29, 0.717) is 5.56 Å². The quantitative estimate of drug-likeness (QED) is 0.869. The fourth-order valence-electron chi connectivity index (χ4n) is 2.22. The Morgan fingerprint density at radius 2 is 2.27 bits per heavy atom. The molecule has 122 valence electrons. The number of hydrogen-bond donors (Lipinski definition) is 2. The molecule has 1 atom stereocenters. The Morgan fingerprint density at radius 3 is 2.95 bits per heavy atom. The van der Waals surface area contributed by atoms with Crippen LogP contribution in [-0.4, -0.2) is 36.3 Å². The normalized spacial score (nSPS) is 18.8. The molecule has 1 unspecified atom stereocenters. The SMILES string of the molecule is O=C(NCc1cccnc1OCC(F)(F)F)C1CCCCN1. The number of pyridine rings is 1. The van der Waals surface area contributed by atoms with Crippen LogP contribution in [0, 0.1) is 0 Å². The molecule has 1 amide bonds. The monoisotopic (exact) mass is 317 g/mol. The van der Waals surface area contributed by atoms with Crippen molar-refractivity contribution in [1.29, 1.82) is 0 Å². The van der Waals surface area contributed by atoms with E-state index < -0.39 is 12.8 Å². The molecule has 1 aliphatic rings. The van der Waals surface area contributed by atoms with Crippen LogP contribution in [0.25, 0.3) is 0 Å². The van der Waals surface area contributed by atoms with E-state index in [1.807, 2.05) is 0 Å². The number of aromatic nitrogens is 1. The van der Waals surface area contributed by atoms with Crippen LogP contribution in [0.1, 0.15) is 24.8 Å². The van der Waals surface area contributed by atoms with Gasteiger partial charge < -0.3 is 15.4 Å². The summed E-state index contributed by atoms with van der Waals surface area (Å²) in [5.74, 6) is -0.276. The molecular formula is C14H18F3N3O2. The van der Waals surface area contributed by atoms with Gasteiger partial charge in [0.25, 0.3) is 0 Å². The van der Waals surface area contributed by atoms with E-state index in [1.165, 1.54) is 6.20 Å². The van der Waals surface area contributed by atoms with Crippen molar-refractivity contribution < 1.29 is 22.7 Å². The minimum atomic E-state index is -4.43. The molecule has 2 heterocycles. The third-order valence-electron chi connectivity index (χ3n) is 3.30. The molecule has 0 saturated carbocycles. The molecule has 0 aromatic carbocycles. The van der Waals surface area contributed by atoms with E-state index >= 15 is 0 Å². The maximum atomic E-state index is 12.2. The van der Waals surface area contributed by atoms with Crippen LogP contribution in [0.3, 0.4) is 0 Å². The Bertz CT molecular complexity index is 502. The first-order valence-electron chi connectivity index (χ1n) is 7.10. The number of carbonyl (C=O) groups is 1. The molecule has 1 aromatic rings. The van der Waals surface area contributed by atoms with Gasteiger partial charge in [-0.1, -0.05) is 12.5 Å². The highest BCUT2D eigenvalue weighted by Gasteiger charge is 2.29. The first kappa shape index (κ1) is 16.5. The maximum absolute atomic E-state index is 12.2. The molecule has 0 radical (unpaired) electrons. The molecule has 1 aliphatic heterocycles. The van der Waals surface area contributed by atoms with Crippen LogP contribution in [0.5, 0.6) is 5.88 Å². The second-order valence-electron chi connectivity index (χ2n) is 5.09. The fraction of sp³-hybridized carbons (Fsp3) is 0.571. The van der Waals surface area contributed by atoms with Crippen molar-refractivity contribution in [3.8, 4) is 5.88 Å². The van der Waals surface area contributed by atoms with Gasteiger partial charge in [-0.15, -0.1) is 0 Å². The summed E-state index contributed by atoms with van der Waals surface area (Å²) in [6, 6.07) is 2.92. The highest BCUT2D eigenvalue weighted by atomic mass is 19.4. The molecule has 2 N–H and O–H groups in total. The van der Waals surface area contributed by atoms with Crippen LogP contribution in [0.2, 0.25) is 0 Å². The van der Waals surface area contributed by atoms with Gasteiger partial charge in [0.15, 0.2) is 6.61 Å². The smallest absolute Gasteiger partial charge is 0.422 e. The molecule has 0 aliphatic carbocycles. The molecule has 0 bridgehead atoms. The van der Waals surface area contributed by atoms with Crippen LogP contribution >= 0.6 is 0 Å². The number of halogens is 3. The number of carbonyl (C=O) groups excluding carboxylic acids is 1. The summed E-state index contributed by atoms with van der Waals surface area (Å²) in [6.45, 7) is -0.530. The average Bonchev–Trinajstić information content (AvgIpc) is 2.51. The Balaban J connectivity index is 1.90. The molecule has 1 saturated heterocycles. The van der Waals surface area contributed by atoms with Crippen LogP contribution in [-0.2, 0) is 11.3 Å². The Kier molecular flexibility index (Phi) is 5.59. The zero-order chi connectivity index (χ0) is 16.0. The van der Waals surface area contributed by atoms with E-state index in [0.717, 1.165) is 25.8 Å². The lowest BCUT2D eigenvalue weighted by Crippen LogP contribution is -2.46. The van der Waals surface area contributed by atoms with Gasteiger partial charge in [0, 0.05) is 18.3 Å². The molecule has 2 rings (SSSR count). The Labute approximate surface area is 126 Å². The minimum absolute atomic E-state index is 0.0814. The summed E-state index contributed by atoms with van der Waals surface area (Å²) in [6.07, 6.45) is -0.292. The summed E-state index contributed by atoms with van der Waals surface area (Å²) < 4.78 is 41.3. The van der Waals surface area contributed by atoms with E-state index in [2.05, 4.69) is 20.4 Å². The zero-order valence-corrected chi connectivity index (χ0v) is 11.9. The second-order valence-corrected chi connectivity index (χ2v) is 5.09.